The molecular formula is C23H30ClN3O. The molecule has 1 N–H and O–H groups in total. The van der Waals surface area contributed by atoms with Crippen molar-refractivity contribution in [3.63, 3.8) is 0 Å². The Morgan fingerprint density at radius 1 is 1.11 bits per heavy atom. The van der Waals surface area contributed by atoms with Crippen LogP contribution >= 0.6 is 11.6 Å². The highest BCUT2D eigenvalue weighted by molar-refractivity contribution is 6.31. The van der Waals surface area contributed by atoms with Gasteiger partial charge in [0.15, 0.2) is 0 Å². The molecule has 0 atom stereocenters. The van der Waals surface area contributed by atoms with Crippen molar-refractivity contribution in [2.75, 3.05) is 38.6 Å². The molecule has 0 spiro atoms. The maximum Gasteiger partial charge on any atom is 0.119 e. The summed E-state index contributed by atoms with van der Waals surface area (Å²) in [5.74, 6) is 1.53. The van der Waals surface area contributed by atoms with Crippen LogP contribution in [0.3, 0.4) is 0 Å². The van der Waals surface area contributed by atoms with Crippen molar-refractivity contribution in [1.82, 2.24) is 9.88 Å². The molecule has 1 heterocycles. The molecule has 1 aromatic heterocycles. The van der Waals surface area contributed by atoms with Crippen LogP contribution in [0.25, 0.3) is 21.8 Å². The maximum atomic E-state index is 6.20. The van der Waals surface area contributed by atoms with Crippen LogP contribution in [0, 0.1) is 5.92 Å². The molecule has 5 heteroatoms. The van der Waals surface area contributed by atoms with Gasteiger partial charge in [0.05, 0.1) is 23.8 Å². The topological polar surface area (TPSA) is 37.4 Å². The third-order valence-corrected chi connectivity index (χ3v) is 5.20. The Hall–Kier alpha value is -2.04. The quantitative estimate of drug-likeness (QED) is 0.363. The largest absolute Gasteiger partial charge is 0.497 e. The van der Waals surface area contributed by atoms with E-state index >= 15 is 0 Å². The number of aromatic nitrogens is 1. The molecule has 0 aliphatic rings. The molecule has 150 valence electrons. The van der Waals surface area contributed by atoms with Crippen LogP contribution in [0.5, 0.6) is 5.75 Å². The molecular weight excluding hydrogens is 370 g/mol. The van der Waals surface area contributed by atoms with E-state index in [9.17, 15) is 0 Å². The van der Waals surface area contributed by atoms with Gasteiger partial charge in [-0.2, -0.15) is 0 Å². The Kier molecular flexibility index (Phi) is 6.97. The highest BCUT2D eigenvalue weighted by atomic mass is 35.5. The fraction of sp³-hybridized carbons (Fsp3) is 0.435. The van der Waals surface area contributed by atoms with Crippen molar-refractivity contribution in [3.05, 3.63) is 41.4 Å². The zero-order valence-corrected chi connectivity index (χ0v) is 18.0. The smallest absolute Gasteiger partial charge is 0.119 e. The predicted octanol–water partition coefficient (Wildman–Crippen LogP) is 5.83. The molecule has 0 aliphatic carbocycles. The van der Waals surface area contributed by atoms with Crippen LogP contribution in [0.2, 0.25) is 5.02 Å². The van der Waals surface area contributed by atoms with Gasteiger partial charge < -0.3 is 15.0 Å². The number of halogens is 1. The lowest BCUT2D eigenvalue weighted by atomic mass is 10.1. The summed E-state index contributed by atoms with van der Waals surface area (Å²) in [6.07, 6.45) is 1.09. The second-order valence-corrected chi connectivity index (χ2v) is 8.04. The van der Waals surface area contributed by atoms with Gasteiger partial charge in [-0.3, -0.25) is 0 Å². The molecule has 0 saturated heterocycles. The molecule has 0 unspecified atom stereocenters. The number of fused-ring (bicyclic) bond motifs is 2. The summed E-state index contributed by atoms with van der Waals surface area (Å²) in [5, 5.41) is 6.52. The summed E-state index contributed by atoms with van der Waals surface area (Å²) in [5.41, 5.74) is 2.94. The Morgan fingerprint density at radius 3 is 2.64 bits per heavy atom. The third kappa shape index (κ3) is 4.86. The SMILES string of the molecule is CCN(CCCNc1c2ccc(Cl)cc2nc2ccc(OC)cc12)CC(C)C. The van der Waals surface area contributed by atoms with E-state index in [4.69, 9.17) is 21.3 Å². The molecule has 0 saturated carbocycles. The first-order valence-electron chi connectivity index (χ1n) is 10.0. The number of ether oxygens (including phenoxy) is 1. The molecule has 28 heavy (non-hydrogen) atoms. The van der Waals surface area contributed by atoms with Gasteiger partial charge in [-0.1, -0.05) is 32.4 Å². The van der Waals surface area contributed by atoms with Crippen molar-refractivity contribution in [2.45, 2.75) is 27.2 Å². The van der Waals surface area contributed by atoms with Crippen LogP contribution < -0.4 is 10.1 Å². The van der Waals surface area contributed by atoms with Gasteiger partial charge in [0.1, 0.15) is 5.75 Å². The van der Waals surface area contributed by atoms with Crippen LogP contribution in [-0.4, -0.2) is 43.2 Å². The average molecular weight is 400 g/mol. The lowest BCUT2D eigenvalue weighted by Gasteiger charge is -2.22. The van der Waals surface area contributed by atoms with E-state index in [1.54, 1.807) is 7.11 Å². The van der Waals surface area contributed by atoms with Crippen molar-refractivity contribution < 1.29 is 4.74 Å². The second kappa shape index (κ2) is 9.44. The molecule has 0 amide bonds. The number of rotatable bonds is 9. The van der Waals surface area contributed by atoms with E-state index < -0.39 is 0 Å². The van der Waals surface area contributed by atoms with Gasteiger partial charge >= 0.3 is 0 Å². The van der Waals surface area contributed by atoms with Crippen LogP contribution in [-0.2, 0) is 0 Å². The maximum absolute atomic E-state index is 6.20. The van der Waals surface area contributed by atoms with E-state index in [2.05, 4.69) is 37.1 Å². The van der Waals surface area contributed by atoms with E-state index in [1.807, 2.05) is 30.3 Å². The number of pyridine rings is 1. The second-order valence-electron chi connectivity index (χ2n) is 7.60. The van der Waals surface area contributed by atoms with Gasteiger partial charge in [-0.25, -0.2) is 4.98 Å². The van der Waals surface area contributed by atoms with Crippen LogP contribution in [0.1, 0.15) is 27.2 Å². The number of nitrogens with one attached hydrogen (secondary N) is 1. The third-order valence-electron chi connectivity index (χ3n) is 4.97. The van der Waals surface area contributed by atoms with Gasteiger partial charge in [0.2, 0.25) is 0 Å². The van der Waals surface area contributed by atoms with Crippen molar-refractivity contribution in [3.8, 4) is 5.75 Å². The Morgan fingerprint density at radius 2 is 1.93 bits per heavy atom. The van der Waals surface area contributed by atoms with Crippen LogP contribution in [0.4, 0.5) is 5.69 Å². The molecule has 0 radical (unpaired) electrons. The lowest BCUT2D eigenvalue weighted by molar-refractivity contribution is 0.256. The van der Waals surface area contributed by atoms with Gasteiger partial charge in [0.25, 0.3) is 0 Å². The summed E-state index contributed by atoms with van der Waals surface area (Å²) < 4.78 is 5.43. The monoisotopic (exact) mass is 399 g/mol. The minimum Gasteiger partial charge on any atom is -0.497 e. The minimum absolute atomic E-state index is 0.693. The minimum atomic E-state index is 0.693. The van der Waals surface area contributed by atoms with Gasteiger partial charge in [-0.05, 0) is 61.8 Å². The average Bonchev–Trinajstić information content (AvgIpc) is 2.68. The summed E-state index contributed by atoms with van der Waals surface area (Å²) >= 11 is 6.20. The Balaban J connectivity index is 1.86. The molecule has 2 aromatic carbocycles. The van der Waals surface area contributed by atoms with Crippen molar-refractivity contribution in [2.24, 2.45) is 5.92 Å². The summed E-state index contributed by atoms with van der Waals surface area (Å²) in [4.78, 5) is 7.30. The van der Waals surface area contributed by atoms with Crippen molar-refractivity contribution in [1.29, 1.82) is 0 Å². The first-order valence-corrected chi connectivity index (χ1v) is 10.4. The summed E-state index contributed by atoms with van der Waals surface area (Å²) in [6, 6.07) is 11.9. The molecule has 0 fully saturated rings. The van der Waals surface area contributed by atoms with E-state index in [0.717, 1.165) is 65.8 Å². The molecule has 0 aliphatic heterocycles. The molecule has 3 rings (SSSR count). The van der Waals surface area contributed by atoms with E-state index in [1.165, 1.54) is 0 Å². The van der Waals surface area contributed by atoms with Gasteiger partial charge in [0, 0.05) is 28.9 Å². The normalized spacial score (nSPS) is 11.7. The number of anilines is 1. The fourth-order valence-electron chi connectivity index (χ4n) is 3.62. The predicted molar refractivity (Wildman–Crippen MR) is 121 cm³/mol. The number of methoxy groups -OCH3 is 1. The number of hydrogen-bond donors (Lipinski definition) is 1. The van der Waals surface area contributed by atoms with Crippen LogP contribution in [0.15, 0.2) is 36.4 Å². The zero-order chi connectivity index (χ0) is 20.1. The lowest BCUT2D eigenvalue weighted by Crippen LogP contribution is -2.29. The fourth-order valence-corrected chi connectivity index (χ4v) is 3.79. The number of hydrogen-bond acceptors (Lipinski definition) is 4. The van der Waals surface area contributed by atoms with Crippen molar-refractivity contribution >= 4 is 39.1 Å². The Labute approximate surface area is 172 Å². The molecule has 0 bridgehead atoms. The molecule has 4 nitrogen and oxygen atoms in total. The number of nitrogens with zero attached hydrogens (tertiary/aromatic N) is 2. The Bertz CT molecular complexity index is 942. The number of benzene rings is 2. The highest BCUT2D eigenvalue weighted by Gasteiger charge is 2.11. The zero-order valence-electron chi connectivity index (χ0n) is 17.3. The van der Waals surface area contributed by atoms with E-state index in [-0.39, 0.29) is 0 Å². The standard InChI is InChI=1S/C23H30ClN3O/c1-5-27(15-16(2)3)12-6-11-25-23-19-9-7-17(24)13-22(19)26-21-10-8-18(28-4)14-20(21)23/h7-10,13-14,16H,5-6,11-12,15H2,1-4H3,(H,25,26). The highest BCUT2D eigenvalue weighted by Crippen LogP contribution is 2.34. The first-order chi connectivity index (χ1) is 13.5. The first kappa shape index (κ1) is 20.7. The van der Waals surface area contributed by atoms with E-state index in [0.29, 0.717) is 10.9 Å². The summed E-state index contributed by atoms with van der Waals surface area (Å²) in [7, 11) is 1.69. The molecule has 3 aromatic rings. The summed E-state index contributed by atoms with van der Waals surface area (Å²) in [6.45, 7) is 11.0. The van der Waals surface area contributed by atoms with Gasteiger partial charge in [-0.15, -0.1) is 0 Å².